The number of hydrogen-bond acceptors (Lipinski definition) is 6. The van der Waals surface area contributed by atoms with Crippen molar-refractivity contribution in [2.75, 3.05) is 19.6 Å². The molecular formula is C22H26N6O2. The summed E-state index contributed by atoms with van der Waals surface area (Å²) in [5.74, 6) is -0.148. The minimum absolute atomic E-state index is 0.0526. The molecule has 8 heteroatoms. The van der Waals surface area contributed by atoms with Gasteiger partial charge in [0.25, 0.3) is 0 Å². The Balaban J connectivity index is 1.40. The second-order valence-corrected chi connectivity index (χ2v) is 8.44. The van der Waals surface area contributed by atoms with Crippen LogP contribution in [0.1, 0.15) is 43.4 Å². The highest BCUT2D eigenvalue weighted by Gasteiger charge is 2.51. The topological polar surface area (TPSA) is 117 Å². The predicted octanol–water partition coefficient (Wildman–Crippen LogP) is 0.746. The first-order valence-electron chi connectivity index (χ1n) is 10.5. The molecule has 0 radical (unpaired) electrons. The van der Waals surface area contributed by atoms with Crippen molar-refractivity contribution in [1.82, 2.24) is 14.7 Å². The molecule has 3 heterocycles. The largest absolute Gasteiger partial charge is 0.330 e. The summed E-state index contributed by atoms with van der Waals surface area (Å²) in [6.07, 6.45) is 2.25. The fraction of sp³-hybridized carbons (Fsp3) is 0.545. The van der Waals surface area contributed by atoms with Gasteiger partial charge in [-0.3, -0.25) is 14.5 Å². The number of carbonyl (C=O) groups is 2. The van der Waals surface area contributed by atoms with E-state index in [4.69, 9.17) is 11.0 Å². The number of amides is 2. The van der Waals surface area contributed by atoms with E-state index < -0.39 is 6.04 Å². The van der Waals surface area contributed by atoms with Crippen molar-refractivity contribution in [3.8, 4) is 12.1 Å². The minimum Gasteiger partial charge on any atom is -0.330 e. The van der Waals surface area contributed by atoms with Crippen LogP contribution in [0.2, 0.25) is 0 Å². The molecule has 0 spiro atoms. The first kappa shape index (κ1) is 20.3. The molecule has 5 atom stereocenters. The van der Waals surface area contributed by atoms with Crippen molar-refractivity contribution in [2.45, 2.75) is 56.4 Å². The Hall–Kier alpha value is -2.94. The summed E-state index contributed by atoms with van der Waals surface area (Å²) in [6, 6.07) is 10.3. The van der Waals surface area contributed by atoms with Crippen molar-refractivity contribution in [3.63, 3.8) is 0 Å². The molecule has 156 valence electrons. The van der Waals surface area contributed by atoms with Crippen LogP contribution < -0.4 is 5.73 Å². The van der Waals surface area contributed by atoms with Crippen molar-refractivity contribution in [1.29, 1.82) is 10.5 Å². The number of rotatable bonds is 5. The molecule has 1 aromatic carbocycles. The summed E-state index contributed by atoms with van der Waals surface area (Å²) >= 11 is 0. The summed E-state index contributed by atoms with van der Waals surface area (Å²) in [6.45, 7) is 3.57. The summed E-state index contributed by atoms with van der Waals surface area (Å²) in [5, 5.41) is 18.4. The fourth-order valence-electron chi connectivity index (χ4n) is 5.14. The van der Waals surface area contributed by atoms with Crippen LogP contribution in [0.5, 0.6) is 0 Å². The molecule has 3 fully saturated rings. The van der Waals surface area contributed by atoms with Crippen LogP contribution in [0.15, 0.2) is 24.3 Å². The maximum atomic E-state index is 13.1. The standard InChI is InChI=1S/C22H26N6O2/c1-14(16-5-2-4-15(8-16)10-23)28-18-9-20(22(28)30)26(12-18)13-19(25)21(29)27-7-3-6-17(27)11-24/h2,4-5,8,14,17-20H,3,6-7,9,12-13,25H2,1H3/t14-,17?,18-,19?,20?/m0/s1. The molecule has 1 aromatic rings. The number of nitrogens with two attached hydrogens (primary N) is 1. The van der Waals surface area contributed by atoms with Crippen LogP contribution in [0.3, 0.4) is 0 Å². The fourth-order valence-corrected chi connectivity index (χ4v) is 5.14. The molecule has 3 unspecified atom stereocenters. The molecule has 0 aliphatic carbocycles. The summed E-state index contributed by atoms with van der Waals surface area (Å²) in [7, 11) is 0. The second kappa shape index (κ2) is 8.06. The molecular weight excluding hydrogens is 380 g/mol. The van der Waals surface area contributed by atoms with Crippen LogP contribution in [0.4, 0.5) is 0 Å². The third-order valence-electron chi connectivity index (χ3n) is 6.66. The zero-order valence-corrected chi connectivity index (χ0v) is 17.1. The number of nitrogens with zero attached hydrogens (tertiary/aromatic N) is 5. The summed E-state index contributed by atoms with van der Waals surface area (Å²) < 4.78 is 0. The molecule has 2 N–H and O–H groups in total. The van der Waals surface area contributed by atoms with Crippen molar-refractivity contribution >= 4 is 11.8 Å². The van der Waals surface area contributed by atoms with E-state index >= 15 is 0 Å². The molecule has 8 nitrogen and oxygen atoms in total. The van der Waals surface area contributed by atoms with Crippen molar-refractivity contribution in [3.05, 3.63) is 35.4 Å². The van der Waals surface area contributed by atoms with Gasteiger partial charge >= 0.3 is 0 Å². The summed E-state index contributed by atoms with van der Waals surface area (Å²) in [4.78, 5) is 31.3. The third kappa shape index (κ3) is 3.43. The normalized spacial score (nSPS) is 27.7. The highest BCUT2D eigenvalue weighted by atomic mass is 16.2. The second-order valence-electron chi connectivity index (χ2n) is 8.44. The first-order valence-corrected chi connectivity index (χ1v) is 10.5. The quantitative estimate of drug-likeness (QED) is 0.771. The Morgan fingerprint density at radius 1 is 1.37 bits per heavy atom. The zero-order valence-electron chi connectivity index (χ0n) is 17.1. The van der Waals surface area contributed by atoms with Gasteiger partial charge in [0.15, 0.2) is 0 Å². The molecule has 3 aliphatic rings. The van der Waals surface area contributed by atoms with E-state index in [2.05, 4.69) is 12.1 Å². The maximum absolute atomic E-state index is 13.1. The smallest absolute Gasteiger partial charge is 0.241 e. The van der Waals surface area contributed by atoms with Crippen LogP contribution >= 0.6 is 0 Å². The monoisotopic (exact) mass is 406 g/mol. The van der Waals surface area contributed by atoms with E-state index in [0.29, 0.717) is 31.6 Å². The number of benzene rings is 1. The molecule has 2 bridgehead atoms. The Labute approximate surface area is 176 Å². The molecule has 2 amide bonds. The van der Waals surface area contributed by atoms with E-state index in [0.717, 1.165) is 18.4 Å². The molecule has 0 aromatic heterocycles. The average molecular weight is 406 g/mol. The molecule has 3 aliphatic heterocycles. The van der Waals surface area contributed by atoms with E-state index in [-0.39, 0.29) is 36.0 Å². The minimum atomic E-state index is -0.732. The first-order chi connectivity index (χ1) is 14.4. The lowest BCUT2D eigenvalue weighted by Crippen LogP contribution is -2.56. The van der Waals surface area contributed by atoms with E-state index in [9.17, 15) is 14.9 Å². The number of fused-ring (bicyclic) bond motifs is 2. The van der Waals surface area contributed by atoms with Gasteiger partial charge in [-0.15, -0.1) is 0 Å². The lowest BCUT2D eigenvalue weighted by Gasteiger charge is -2.38. The number of hydrogen-bond donors (Lipinski definition) is 1. The SMILES string of the molecule is C[C@@H](c1cccc(C#N)c1)N1C(=O)C2C[C@H]1CN2CC(N)C(=O)N1CCCC1C#N. The highest BCUT2D eigenvalue weighted by Crippen LogP contribution is 2.38. The van der Waals surface area contributed by atoms with Crippen LogP contribution in [-0.2, 0) is 9.59 Å². The van der Waals surface area contributed by atoms with Gasteiger partial charge in [-0.05, 0) is 43.9 Å². The van der Waals surface area contributed by atoms with Gasteiger partial charge in [-0.25, -0.2) is 0 Å². The van der Waals surface area contributed by atoms with Gasteiger partial charge < -0.3 is 15.5 Å². The van der Waals surface area contributed by atoms with Crippen molar-refractivity contribution < 1.29 is 9.59 Å². The van der Waals surface area contributed by atoms with Gasteiger partial charge in [0, 0.05) is 25.7 Å². The molecule has 30 heavy (non-hydrogen) atoms. The number of likely N-dealkylation sites (tertiary alicyclic amines) is 3. The predicted molar refractivity (Wildman–Crippen MR) is 109 cm³/mol. The maximum Gasteiger partial charge on any atom is 0.241 e. The Kier molecular flexibility index (Phi) is 5.46. The van der Waals surface area contributed by atoms with E-state index in [1.807, 2.05) is 34.9 Å². The van der Waals surface area contributed by atoms with Gasteiger partial charge in [0.1, 0.15) is 6.04 Å². The van der Waals surface area contributed by atoms with Gasteiger partial charge in [0.05, 0.1) is 35.8 Å². The lowest BCUT2D eigenvalue weighted by atomic mass is 10.0. The summed E-state index contributed by atoms with van der Waals surface area (Å²) in [5.41, 5.74) is 7.72. The van der Waals surface area contributed by atoms with Crippen molar-refractivity contribution in [2.24, 2.45) is 5.73 Å². The Morgan fingerprint density at radius 2 is 2.17 bits per heavy atom. The molecule has 4 rings (SSSR count). The molecule has 3 saturated heterocycles. The van der Waals surface area contributed by atoms with E-state index in [1.54, 1.807) is 11.0 Å². The van der Waals surface area contributed by atoms with Crippen LogP contribution in [0, 0.1) is 22.7 Å². The van der Waals surface area contributed by atoms with Crippen LogP contribution in [-0.4, -0.2) is 70.3 Å². The highest BCUT2D eigenvalue weighted by molar-refractivity contribution is 5.87. The number of piperazine rings is 1. The number of nitriles is 2. The van der Waals surface area contributed by atoms with Gasteiger partial charge in [-0.1, -0.05) is 12.1 Å². The van der Waals surface area contributed by atoms with E-state index in [1.165, 1.54) is 0 Å². The third-order valence-corrected chi connectivity index (χ3v) is 6.66. The zero-order chi connectivity index (χ0) is 21.4. The Bertz CT molecular complexity index is 934. The molecule has 0 saturated carbocycles. The Morgan fingerprint density at radius 3 is 2.87 bits per heavy atom. The average Bonchev–Trinajstić information content (AvgIpc) is 3.47. The van der Waals surface area contributed by atoms with Gasteiger partial charge in [-0.2, -0.15) is 10.5 Å². The number of carbonyl (C=O) groups excluding carboxylic acids is 2. The van der Waals surface area contributed by atoms with Crippen LogP contribution in [0.25, 0.3) is 0 Å². The van der Waals surface area contributed by atoms with Gasteiger partial charge in [0.2, 0.25) is 11.8 Å². The lowest BCUT2D eigenvalue weighted by molar-refractivity contribution is -0.140.